The predicted octanol–water partition coefficient (Wildman–Crippen LogP) is 4.63. The molecule has 0 aromatic carbocycles. The van der Waals surface area contributed by atoms with E-state index in [1.807, 2.05) is 0 Å². The minimum atomic E-state index is -4.02. The fourth-order valence-corrected chi connectivity index (χ4v) is 3.22. The van der Waals surface area contributed by atoms with Crippen LogP contribution in [0.25, 0.3) is 0 Å². The second-order valence-corrected chi connectivity index (χ2v) is 6.66. The molecule has 1 rings (SSSR count). The maximum atomic E-state index is 12.7. The Hall–Kier alpha value is -0.250. The van der Waals surface area contributed by atoms with Gasteiger partial charge < -0.3 is 5.32 Å². The number of halogens is 3. The minimum Gasteiger partial charge on any atom is -0.314 e. The normalized spacial score (nSPS) is 25.6. The molecule has 1 saturated carbocycles. The second-order valence-electron chi connectivity index (χ2n) is 6.66. The fraction of sp³-hybridized carbons (Fsp3) is 1.00. The Balaban J connectivity index is 2.44. The molecule has 2 unspecified atom stereocenters. The average Bonchev–Trinajstić information content (AvgIpc) is 2.27. The monoisotopic (exact) mass is 279 g/mol. The lowest BCUT2D eigenvalue weighted by Gasteiger charge is -2.33. The fourth-order valence-electron chi connectivity index (χ4n) is 3.22. The van der Waals surface area contributed by atoms with Gasteiger partial charge in [-0.2, -0.15) is 13.2 Å². The molecule has 0 saturated heterocycles. The molecule has 2 atom stereocenters. The summed E-state index contributed by atoms with van der Waals surface area (Å²) in [5.41, 5.74) is 0. The van der Waals surface area contributed by atoms with Gasteiger partial charge in [-0.15, -0.1) is 0 Å². The van der Waals surface area contributed by atoms with E-state index in [1.54, 1.807) is 0 Å². The highest BCUT2D eigenvalue weighted by Gasteiger charge is 2.42. The van der Waals surface area contributed by atoms with Gasteiger partial charge in [0.25, 0.3) is 0 Å². The zero-order valence-corrected chi connectivity index (χ0v) is 12.6. The van der Waals surface area contributed by atoms with Crippen molar-refractivity contribution in [1.82, 2.24) is 5.32 Å². The third kappa shape index (κ3) is 5.33. The summed E-state index contributed by atoms with van der Waals surface area (Å²) in [5.74, 6) is 0.561. The van der Waals surface area contributed by atoms with Crippen LogP contribution in [0.5, 0.6) is 0 Å². The molecule has 1 N–H and O–H groups in total. The molecule has 0 heterocycles. The van der Waals surface area contributed by atoms with Crippen LogP contribution in [-0.4, -0.2) is 18.8 Å². The van der Waals surface area contributed by atoms with Crippen molar-refractivity contribution in [3.8, 4) is 0 Å². The summed E-state index contributed by atoms with van der Waals surface area (Å²) >= 11 is 0. The summed E-state index contributed by atoms with van der Waals surface area (Å²) in [5, 5.41) is 3.39. The van der Waals surface area contributed by atoms with E-state index >= 15 is 0 Å². The molecule has 4 heteroatoms. The SMILES string of the molecule is CC(C)C(CNC1CCCC(C(F)(F)F)C1)C(C)C. The van der Waals surface area contributed by atoms with E-state index in [2.05, 4.69) is 33.0 Å². The number of hydrogen-bond acceptors (Lipinski definition) is 1. The Morgan fingerprint density at radius 3 is 2.11 bits per heavy atom. The van der Waals surface area contributed by atoms with Crippen LogP contribution in [0.1, 0.15) is 53.4 Å². The van der Waals surface area contributed by atoms with Gasteiger partial charge in [0.05, 0.1) is 5.92 Å². The molecule has 1 fully saturated rings. The summed E-state index contributed by atoms with van der Waals surface area (Å²) in [6.07, 6.45) is -1.88. The molecule has 114 valence electrons. The van der Waals surface area contributed by atoms with Crippen LogP contribution in [0.2, 0.25) is 0 Å². The molecular weight excluding hydrogens is 251 g/mol. The summed E-state index contributed by atoms with van der Waals surface area (Å²) in [4.78, 5) is 0. The van der Waals surface area contributed by atoms with E-state index in [1.165, 1.54) is 0 Å². The van der Waals surface area contributed by atoms with E-state index in [9.17, 15) is 13.2 Å². The van der Waals surface area contributed by atoms with Gasteiger partial charge in [-0.05, 0) is 43.6 Å². The van der Waals surface area contributed by atoms with Crippen molar-refractivity contribution in [2.75, 3.05) is 6.54 Å². The number of hydrogen-bond donors (Lipinski definition) is 1. The third-order valence-electron chi connectivity index (χ3n) is 4.49. The zero-order chi connectivity index (χ0) is 14.6. The van der Waals surface area contributed by atoms with Crippen molar-refractivity contribution in [1.29, 1.82) is 0 Å². The Bertz CT molecular complexity index is 253. The van der Waals surface area contributed by atoms with E-state index in [-0.39, 0.29) is 12.5 Å². The van der Waals surface area contributed by atoms with Crippen LogP contribution in [0.4, 0.5) is 13.2 Å². The van der Waals surface area contributed by atoms with E-state index in [0.717, 1.165) is 13.0 Å². The first-order chi connectivity index (χ1) is 8.71. The lowest BCUT2D eigenvalue weighted by molar-refractivity contribution is -0.183. The summed E-state index contributed by atoms with van der Waals surface area (Å²) in [7, 11) is 0. The number of rotatable bonds is 5. The second kappa shape index (κ2) is 6.96. The summed E-state index contributed by atoms with van der Waals surface area (Å²) < 4.78 is 38.2. The highest BCUT2D eigenvalue weighted by Crippen LogP contribution is 2.37. The predicted molar refractivity (Wildman–Crippen MR) is 73.0 cm³/mol. The first-order valence-electron chi connectivity index (χ1n) is 7.52. The molecule has 1 aliphatic rings. The van der Waals surface area contributed by atoms with Gasteiger partial charge in [-0.1, -0.05) is 34.1 Å². The van der Waals surface area contributed by atoms with Gasteiger partial charge in [-0.25, -0.2) is 0 Å². The van der Waals surface area contributed by atoms with E-state index in [4.69, 9.17) is 0 Å². The van der Waals surface area contributed by atoms with Crippen LogP contribution in [0.15, 0.2) is 0 Å². The molecule has 0 aromatic rings. The van der Waals surface area contributed by atoms with Crippen molar-refractivity contribution in [3.05, 3.63) is 0 Å². The molecule has 0 radical (unpaired) electrons. The molecule has 0 bridgehead atoms. The molecule has 0 spiro atoms. The van der Waals surface area contributed by atoms with E-state index < -0.39 is 12.1 Å². The lowest BCUT2D eigenvalue weighted by atomic mass is 9.83. The third-order valence-corrected chi connectivity index (χ3v) is 4.49. The Labute approximate surface area is 115 Å². The van der Waals surface area contributed by atoms with Gasteiger partial charge in [0.2, 0.25) is 0 Å². The van der Waals surface area contributed by atoms with Gasteiger partial charge in [0.1, 0.15) is 0 Å². The van der Waals surface area contributed by atoms with Gasteiger partial charge in [-0.3, -0.25) is 0 Å². The molecule has 1 nitrogen and oxygen atoms in total. The zero-order valence-electron chi connectivity index (χ0n) is 12.6. The van der Waals surface area contributed by atoms with Crippen LogP contribution in [0, 0.1) is 23.7 Å². The Kier molecular flexibility index (Phi) is 6.15. The quantitative estimate of drug-likeness (QED) is 0.774. The van der Waals surface area contributed by atoms with Crippen molar-refractivity contribution in [2.45, 2.75) is 65.6 Å². The summed E-state index contributed by atoms with van der Waals surface area (Å²) in [6, 6.07) is 0.0420. The van der Waals surface area contributed by atoms with E-state index in [0.29, 0.717) is 30.6 Å². The summed E-state index contributed by atoms with van der Waals surface area (Å²) in [6.45, 7) is 9.58. The molecule has 1 aliphatic carbocycles. The molecule has 0 aliphatic heterocycles. The van der Waals surface area contributed by atoms with Crippen molar-refractivity contribution in [2.24, 2.45) is 23.7 Å². The lowest BCUT2D eigenvalue weighted by Crippen LogP contribution is -2.42. The standard InChI is InChI=1S/C15H28F3N/c1-10(2)14(11(3)4)9-19-13-7-5-6-12(8-13)15(16,17)18/h10-14,19H,5-9H2,1-4H3. The van der Waals surface area contributed by atoms with Gasteiger partial charge in [0, 0.05) is 6.04 Å². The van der Waals surface area contributed by atoms with Crippen LogP contribution < -0.4 is 5.32 Å². The first-order valence-corrected chi connectivity index (χ1v) is 7.52. The van der Waals surface area contributed by atoms with Gasteiger partial charge in [0.15, 0.2) is 0 Å². The maximum Gasteiger partial charge on any atom is 0.391 e. The Morgan fingerprint density at radius 2 is 1.63 bits per heavy atom. The Morgan fingerprint density at radius 1 is 1.05 bits per heavy atom. The van der Waals surface area contributed by atoms with Crippen molar-refractivity contribution in [3.63, 3.8) is 0 Å². The van der Waals surface area contributed by atoms with Crippen LogP contribution in [-0.2, 0) is 0 Å². The molecule has 19 heavy (non-hydrogen) atoms. The molecule has 0 amide bonds. The minimum absolute atomic E-state index is 0.0420. The molecule has 0 aromatic heterocycles. The first kappa shape index (κ1) is 16.8. The number of nitrogens with one attached hydrogen (secondary N) is 1. The van der Waals surface area contributed by atoms with Crippen LogP contribution in [0.3, 0.4) is 0 Å². The average molecular weight is 279 g/mol. The van der Waals surface area contributed by atoms with Crippen molar-refractivity contribution >= 4 is 0 Å². The van der Waals surface area contributed by atoms with Crippen molar-refractivity contribution < 1.29 is 13.2 Å². The smallest absolute Gasteiger partial charge is 0.314 e. The highest BCUT2D eigenvalue weighted by atomic mass is 19.4. The van der Waals surface area contributed by atoms with Crippen LogP contribution >= 0.6 is 0 Å². The number of alkyl halides is 3. The topological polar surface area (TPSA) is 12.0 Å². The maximum absolute atomic E-state index is 12.7. The van der Waals surface area contributed by atoms with Gasteiger partial charge >= 0.3 is 6.18 Å². The highest BCUT2D eigenvalue weighted by molar-refractivity contribution is 4.83. The molecular formula is C15H28F3N. The largest absolute Gasteiger partial charge is 0.391 e.